The predicted molar refractivity (Wildman–Crippen MR) is 129 cm³/mol. The van der Waals surface area contributed by atoms with E-state index < -0.39 is 12.2 Å². The summed E-state index contributed by atoms with van der Waals surface area (Å²) >= 11 is 0. The lowest BCUT2D eigenvalue weighted by Crippen LogP contribution is -2.16. The van der Waals surface area contributed by atoms with Gasteiger partial charge in [0.15, 0.2) is 0 Å². The van der Waals surface area contributed by atoms with Gasteiger partial charge in [-0.1, -0.05) is 121 Å². The molecule has 2 unspecified atom stereocenters. The molecular formula is C28H24N2O2. The van der Waals surface area contributed by atoms with E-state index in [9.17, 15) is 10.2 Å². The highest BCUT2D eigenvalue weighted by atomic mass is 16.3. The van der Waals surface area contributed by atoms with E-state index in [0.717, 1.165) is 22.3 Å². The predicted octanol–water partition coefficient (Wildman–Crippen LogP) is 5.35. The topological polar surface area (TPSA) is 65.2 Å². The van der Waals surface area contributed by atoms with Gasteiger partial charge in [0.05, 0.1) is 0 Å². The van der Waals surface area contributed by atoms with Gasteiger partial charge in [0.1, 0.15) is 23.6 Å². The van der Waals surface area contributed by atoms with Crippen LogP contribution in [0.3, 0.4) is 0 Å². The van der Waals surface area contributed by atoms with Crippen LogP contribution in [0.25, 0.3) is 0 Å². The largest absolute Gasteiger partial charge is 0.382 e. The molecule has 4 heteroatoms. The van der Waals surface area contributed by atoms with Crippen LogP contribution in [0.2, 0.25) is 0 Å². The lowest BCUT2D eigenvalue weighted by molar-refractivity contribution is 0.245. The van der Waals surface area contributed by atoms with Crippen LogP contribution in [0, 0.1) is 0 Å². The second-order valence-electron chi connectivity index (χ2n) is 7.33. The van der Waals surface area contributed by atoms with E-state index in [0.29, 0.717) is 11.4 Å². The number of rotatable bonds is 7. The second-order valence-corrected chi connectivity index (χ2v) is 7.33. The van der Waals surface area contributed by atoms with Crippen LogP contribution in [0.15, 0.2) is 132 Å². The van der Waals surface area contributed by atoms with Crippen molar-refractivity contribution < 1.29 is 10.2 Å². The first-order valence-electron chi connectivity index (χ1n) is 10.5. The fraction of sp³-hybridized carbons (Fsp3) is 0.0714. The third-order valence-corrected chi connectivity index (χ3v) is 5.15. The first-order valence-corrected chi connectivity index (χ1v) is 10.5. The number of hydrogen-bond acceptors (Lipinski definition) is 4. The van der Waals surface area contributed by atoms with E-state index in [2.05, 4.69) is 10.2 Å². The molecular weight excluding hydrogens is 396 g/mol. The SMILES string of the molecule is OC(C(=NN=C(c1ccccc1)C(O)c1ccccc1)c1ccccc1)c1ccccc1. The molecule has 0 aliphatic rings. The lowest BCUT2D eigenvalue weighted by atomic mass is 9.99. The molecule has 4 aromatic carbocycles. The summed E-state index contributed by atoms with van der Waals surface area (Å²) in [5.41, 5.74) is 3.77. The summed E-state index contributed by atoms with van der Waals surface area (Å²) in [5, 5.41) is 31.2. The van der Waals surface area contributed by atoms with Crippen LogP contribution in [0.5, 0.6) is 0 Å². The maximum atomic E-state index is 11.1. The molecule has 0 amide bonds. The molecule has 0 spiro atoms. The van der Waals surface area contributed by atoms with Gasteiger partial charge in [-0.2, -0.15) is 10.2 Å². The van der Waals surface area contributed by atoms with Crippen LogP contribution in [0.1, 0.15) is 34.5 Å². The minimum Gasteiger partial charge on any atom is -0.382 e. The molecule has 0 bridgehead atoms. The van der Waals surface area contributed by atoms with Gasteiger partial charge in [0.25, 0.3) is 0 Å². The van der Waals surface area contributed by atoms with Gasteiger partial charge < -0.3 is 10.2 Å². The summed E-state index contributed by atoms with van der Waals surface area (Å²) < 4.78 is 0. The van der Waals surface area contributed by atoms with Gasteiger partial charge in [-0.3, -0.25) is 0 Å². The van der Waals surface area contributed by atoms with Crippen molar-refractivity contribution in [3.8, 4) is 0 Å². The van der Waals surface area contributed by atoms with Gasteiger partial charge in [-0.15, -0.1) is 0 Å². The smallest absolute Gasteiger partial charge is 0.123 e. The number of benzene rings is 4. The Bertz CT molecular complexity index is 1080. The minimum atomic E-state index is -0.965. The zero-order valence-electron chi connectivity index (χ0n) is 17.5. The summed E-state index contributed by atoms with van der Waals surface area (Å²) in [5.74, 6) is 0. The molecule has 0 saturated heterocycles. The van der Waals surface area contributed by atoms with Crippen molar-refractivity contribution in [2.45, 2.75) is 12.2 Å². The Morgan fingerprint density at radius 2 is 0.719 bits per heavy atom. The second kappa shape index (κ2) is 10.4. The van der Waals surface area contributed by atoms with Crippen LogP contribution < -0.4 is 0 Å². The van der Waals surface area contributed by atoms with E-state index in [1.807, 2.05) is 121 Å². The minimum absolute atomic E-state index is 0.408. The fourth-order valence-electron chi connectivity index (χ4n) is 3.45. The molecule has 0 aliphatic carbocycles. The average Bonchev–Trinajstić information content (AvgIpc) is 2.88. The normalized spacial score (nSPS) is 14.1. The molecule has 4 nitrogen and oxygen atoms in total. The van der Waals surface area contributed by atoms with Gasteiger partial charge in [0.2, 0.25) is 0 Å². The van der Waals surface area contributed by atoms with Crippen molar-refractivity contribution in [2.24, 2.45) is 10.2 Å². The zero-order valence-corrected chi connectivity index (χ0v) is 17.5. The lowest BCUT2D eigenvalue weighted by Gasteiger charge is -2.16. The van der Waals surface area contributed by atoms with Crippen molar-refractivity contribution in [3.63, 3.8) is 0 Å². The molecule has 32 heavy (non-hydrogen) atoms. The molecule has 0 fully saturated rings. The monoisotopic (exact) mass is 420 g/mol. The highest BCUT2D eigenvalue weighted by molar-refractivity contribution is 6.07. The molecule has 4 rings (SSSR count). The summed E-state index contributed by atoms with van der Waals surface area (Å²) in [6, 6.07) is 37.6. The van der Waals surface area contributed by atoms with Crippen molar-refractivity contribution in [3.05, 3.63) is 144 Å². The Kier molecular flexibility index (Phi) is 6.98. The zero-order chi connectivity index (χ0) is 22.2. The maximum Gasteiger partial charge on any atom is 0.123 e. The maximum absolute atomic E-state index is 11.1. The van der Waals surface area contributed by atoms with E-state index in [1.165, 1.54) is 0 Å². The van der Waals surface area contributed by atoms with Crippen molar-refractivity contribution in [1.82, 2.24) is 0 Å². The van der Waals surface area contributed by atoms with Crippen LogP contribution >= 0.6 is 0 Å². The summed E-state index contributed by atoms with van der Waals surface area (Å²) in [7, 11) is 0. The first-order chi connectivity index (χ1) is 15.7. The van der Waals surface area contributed by atoms with Crippen LogP contribution in [-0.4, -0.2) is 21.6 Å². The molecule has 2 N–H and O–H groups in total. The van der Waals surface area contributed by atoms with Crippen LogP contribution in [-0.2, 0) is 0 Å². The van der Waals surface area contributed by atoms with E-state index in [1.54, 1.807) is 0 Å². The van der Waals surface area contributed by atoms with Gasteiger partial charge in [-0.25, -0.2) is 0 Å². The number of aliphatic hydroxyl groups excluding tert-OH is 2. The van der Waals surface area contributed by atoms with Gasteiger partial charge in [-0.05, 0) is 11.1 Å². The summed E-state index contributed by atoms with van der Waals surface area (Å²) in [6.07, 6.45) is -1.93. The van der Waals surface area contributed by atoms with Crippen molar-refractivity contribution in [1.29, 1.82) is 0 Å². The average molecular weight is 421 g/mol. The molecule has 0 radical (unpaired) electrons. The Labute approximate surface area is 187 Å². The van der Waals surface area contributed by atoms with E-state index in [4.69, 9.17) is 0 Å². The third kappa shape index (κ3) is 5.06. The Hall–Kier alpha value is -3.86. The third-order valence-electron chi connectivity index (χ3n) is 5.15. The van der Waals surface area contributed by atoms with Crippen molar-refractivity contribution in [2.75, 3.05) is 0 Å². The fourth-order valence-corrected chi connectivity index (χ4v) is 3.45. The highest BCUT2D eigenvalue weighted by Gasteiger charge is 2.20. The number of hydrogen-bond donors (Lipinski definition) is 2. The molecule has 158 valence electrons. The van der Waals surface area contributed by atoms with E-state index in [-0.39, 0.29) is 0 Å². The molecule has 0 aromatic heterocycles. The van der Waals surface area contributed by atoms with Gasteiger partial charge in [0, 0.05) is 11.1 Å². The first kappa shape index (κ1) is 21.4. The Balaban J connectivity index is 1.82. The van der Waals surface area contributed by atoms with Crippen LogP contribution in [0.4, 0.5) is 0 Å². The molecule has 4 aromatic rings. The summed E-state index contributed by atoms with van der Waals surface area (Å²) in [6.45, 7) is 0. The van der Waals surface area contributed by atoms with Gasteiger partial charge >= 0.3 is 0 Å². The molecule has 0 aliphatic heterocycles. The Morgan fingerprint density at radius 1 is 0.438 bits per heavy atom. The number of nitrogens with zero attached hydrogens (tertiary/aromatic N) is 2. The quantitative estimate of drug-likeness (QED) is 0.313. The van der Waals surface area contributed by atoms with E-state index >= 15 is 0 Å². The highest BCUT2D eigenvalue weighted by Crippen LogP contribution is 2.22. The van der Waals surface area contributed by atoms with Crippen molar-refractivity contribution >= 4 is 11.4 Å². The summed E-state index contributed by atoms with van der Waals surface area (Å²) in [4.78, 5) is 0. The molecule has 0 saturated carbocycles. The molecule has 0 heterocycles. The Morgan fingerprint density at radius 3 is 1.03 bits per heavy atom. The standard InChI is InChI=1S/C28H24N2O2/c31-27(23-17-9-3-10-18-23)25(21-13-5-1-6-14-21)29-30-26(22-15-7-2-8-16-22)28(32)24-19-11-4-12-20-24/h1-20,27-28,31-32H. The number of aliphatic hydroxyl groups is 2. The molecule has 2 atom stereocenters.